The molecule has 3 fully saturated rings. The maximum absolute atomic E-state index is 12.8. The third-order valence-electron chi connectivity index (χ3n) is 8.94. The van der Waals surface area contributed by atoms with Gasteiger partial charge < -0.3 is 4.74 Å². The lowest BCUT2D eigenvalue weighted by molar-refractivity contribution is -0.187. The maximum atomic E-state index is 12.8. The fourth-order valence-corrected chi connectivity index (χ4v) is 8.14. The molecule has 0 aromatic heterocycles. The normalized spacial score (nSPS) is 47.5. The van der Waals surface area contributed by atoms with Crippen LogP contribution in [0.25, 0.3) is 0 Å². The van der Waals surface area contributed by atoms with Crippen LogP contribution in [0.1, 0.15) is 72.6 Å². The van der Waals surface area contributed by atoms with Crippen molar-refractivity contribution in [2.24, 2.45) is 28.6 Å². The van der Waals surface area contributed by atoms with Crippen LogP contribution in [-0.2, 0) is 19.1 Å². The second-order valence-electron chi connectivity index (χ2n) is 10.0. The van der Waals surface area contributed by atoms with Gasteiger partial charge in [-0.2, -0.15) is 0 Å². The Morgan fingerprint density at radius 3 is 2.43 bits per heavy atom. The number of halogens is 1. The molecule has 4 rings (SSSR count). The lowest BCUT2D eigenvalue weighted by Gasteiger charge is -2.60. The first-order valence-electron chi connectivity index (χ1n) is 10.6. The first kappa shape index (κ1) is 20.1. The van der Waals surface area contributed by atoms with Crippen LogP contribution in [0.2, 0.25) is 0 Å². The second-order valence-corrected chi connectivity index (χ2v) is 10.6. The molecule has 4 nitrogen and oxygen atoms in total. The van der Waals surface area contributed by atoms with Gasteiger partial charge in [0.25, 0.3) is 0 Å². The van der Waals surface area contributed by atoms with E-state index in [1.807, 2.05) is 6.08 Å². The van der Waals surface area contributed by atoms with E-state index in [1.165, 1.54) is 6.92 Å². The standard InChI is InChI=1S/C23H31ClO4/c1-13(25)23(28-14(2)26)10-7-18-16-12-20(24)19-11-15(27)5-8-21(19,3)17(16)6-9-22(18,23)4/h11,16-18,20H,5-10,12H2,1-4H3/t16-,17-,18-,20-,21-,22+,23-/m1/s1. The van der Waals surface area contributed by atoms with Gasteiger partial charge in [-0.25, -0.2) is 0 Å². The van der Waals surface area contributed by atoms with Crippen LogP contribution < -0.4 is 0 Å². The molecule has 0 radical (unpaired) electrons. The molecule has 0 aromatic rings. The van der Waals surface area contributed by atoms with E-state index in [1.54, 1.807) is 6.92 Å². The number of hydrogen-bond donors (Lipinski definition) is 0. The fourth-order valence-electron chi connectivity index (χ4n) is 7.62. The predicted molar refractivity (Wildman–Crippen MR) is 107 cm³/mol. The number of carbonyl (C=O) groups is 3. The largest absolute Gasteiger partial charge is 0.451 e. The minimum Gasteiger partial charge on any atom is -0.451 e. The van der Waals surface area contributed by atoms with Crippen LogP contribution in [-0.4, -0.2) is 28.5 Å². The topological polar surface area (TPSA) is 60.4 Å². The van der Waals surface area contributed by atoms with E-state index in [-0.39, 0.29) is 33.7 Å². The van der Waals surface area contributed by atoms with Gasteiger partial charge in [-0.3, -0.25) is 14.4 Å². The number of esters is 1. The predicted octanol–water partition coefficient (Wildman–Crippen LogP) is 4.63. The first-order valence-corrected chi connectivity index (χ1v) is 11.1. The van der Waals surface area contributed by atoms with Crippen LogP contribution >= 0.6 is 11.6 Å². The van der Waals surface area contributed by atoms with Crippen molar-refractivity contribution in [3.63, 3.8) is 0 Å². The average molecular weight is 407 g/mol. The van der Waals surface area contributed by atoms with E-state index in [0.29, 0.717) is 30.6 Å². The Balaban J connectivity index is 1.73. The number of alkyl halides is 1. The third-order valence-corrected chi connectivity index (χ3v) is 9.36. The van der Waals surface area contributed by atoms with Crippen molar-refractivity contribution in [2.75, 3.05) is 0 Å². The van der Waals surface area contributed by atoms with Crippen LogP contribution in [0.5, 0.6) is 0 Å². The molecule has 4 aliphatic carbocycles. The van der Waals surface area contributed by atoms with E-state index in [9.17, 15) is 14.4 Å². The molecule has 0 heterocycles. The van der Waals surface area contributed by atoms with Crippen molar-refractivity contribution >= 4 is 29.1 Å². The summed E-state index contributed by atoms with van der Waals surface area (Å²) in [7, 11) is 0. The molecule has 4 aliphatic rings. The summed E-state index contributed by atoms with van der Waals surface area (Å²) in [5, 5.41) is -0.126. The van der Waals surface area contributed by atoms with Crippen molar-refractivity contribution in [1.82, 2.24) is 0 Å². The fraction of sp³-hybridized carbons (Fsp3) is 0.783. The Kier molecular flexibility index (Phi) is 4.61. The summed E-state index contributed by atoms with van der Waals surface area (Å²) in [6, 6.07) is 0. The average Bonchev–Trinajstić information content (AvgIpc) is 2.90. The Morgan fingerprint density at radius 1 is 1.11 bits per heavy atom. The van der Waals surface area contributed by atoms with Crippen molar-refractivity contribution in [3.05, 3.63) is 11.6 Å². The molecule has 3 saturated carbocycles. The Labute approximate surface area is 172 Å². The van der Waals surface area contributed by atoms with Crippen LogP contribution in [0.3, 0.4) is 0 Å². The van der Waals surface area contributed by atoms with E-state index in [0.717, 1.165) is 37.7 Å². The van der Waals surface area contributed by atoms with Crippen LogP contribution in [0.15, 0.2) is 11.6 Å². The summed E-state index contributed by atoms with van der Waals surface area (Å²) in [5.74, 6) is 0.976. The highest BCUT2D eigenvalue weighted by atomic mass is 35.5. The molecular formula is C23H31ClO4. The van der Waals surface area contributed by atoms with Crippen molar-refractivity contribution in [1.29, 1.82) is 0 Å². The molecule has 0 amide bonds. The zero-order chi connectivity index (χ0) is 20.5. The van der Waals surface area contributed by atoms with Gasteiger partial charge in [0, 0.05) is 18.8 Å². The number of ketones is 2. The van der Waals surface area contributed by atoms with Gasteiger partial charge in [0.2, 0.25) is 0 Å². The van der Waals surface area contributed by atoms with Gasteiger partial charge in [0.05, 0.1) is 5.38 Å². The lowest BCUT2D eigenvalue weighted by Crippen LogP contribution is -2.59. The molecular weight excluding hydrogens is 376 g/mol. The lowest BCUT2D eigenvalue weighted by atomic mass is 9.46. The Bertz CT molecular complexity index is 773. The van der Waals surface area contributed by atoms with E-state index >= 15 is 0 Å². The SMILES string of the molecule is CC(=O)O[C@@]1(C(C)=O)CC[C@@H]2[C@@H]3C[C@@H](Cl)C4=CC(=O)CC[C@]4(C)[C@@H]3CC[C@@]21C. The number of Topliss-reactive ketones (excluding diaryl/α,β-unsaturated/α-hetero) is 1. The Hall–Kier alpha value is -1.16. The van der Waals surface area contributed by atoms with Gasteiger partial charge >= 0.3 is 5.97 Å². The van der Waals surface area contributed by atoms with Crippen molar-refractivity contribution < 1.29 is 19.1 Å². The summed E-state index contributed by atoms with van der Waals surface area (Å²) < 4.78 is 5.81. The molecule has 0 saturated heterocycles. The molecule has 0 spiro atoms. The molecule has 5 heteroatoms. The number of rotatable bonds is 2. The maximum Gasteiger partial charge on any atom is 0.303 e. The van der Waals surface area contributed by atoms with Crippen LogP contribution in [0, 0.1) is 28.6 Å². The molecule has 154 valence electrons. The zero-order valence-corrected chi connectivity index (χ0v) is 18.1. The van der Waals surface area contributed by atoms with E-state index < -0.39 is 5.60 Å². The smallest absolute Gasteiger partial charge is 0.303 e. The van der Waals surface area contributed by atoms with Crippen LogP contribution in [0.4, 0.5) is 0 Å². The monoisotopic (exact) mass is 406 g/mol. The minimum absolute atomic E-state index is 0.0283. The van der Waals surface area contributed by atoms with E-state index in [4.69, 9.17) is 16.3 Å². The van der Waals surface area contributed by atoms with Gasteiger partial charge in [-0.05, 0) is 80.3 Å². The number of fused-ring (bicyclic) bond motifs is 5. The minimum atomic E-state index is -1.00. The molecule has 7 atom stereocenters. The highest BCUT2D eigenvalue weighted by Crippen LogP contribution is 2.68. The van der Waals surface area contributed by atoms with Gasteiger partial charge in [-0.15, -0.1) is 11.6 Å². The summed E-state index contributed by atoms with van der Waals surface area (Å²) in [4.78, 5) is 36.7. The highest BCUT2D eigenvalue weighted by molar-refractivity contribution is 6.23. The second kappa shape index (κ2) is 6.42. The summed E-state index contributed by atoms with van der Waals surface area (Å²) in [6.07, 6.45) is 7.48. The Morgan fingerprint density at radius 2 is 1.79 bits per heavy atom. The molecule has 0 bridgehead atoms. The molecule has 28 heavy (non-hydrogen) atoms. The zero-order valence-electron chi connectivity index (χ0n) is 17.3. The molecule has 0 unspecified atom stereocenters. The van der Waals surface area contributed by atoms with Gasteiger partial charge in [0.1, 0.15) is 0 Å². The third kappa shape index (κ3) is 2.52. The number of ether oxygens (including phenoxy) is 1. The summed E-state index contributed by atoms with van der Waals surface area (Å²) in [5.41, 5.74) is -0.251. The van der Waals surface area contributed by atoms with E-state index in [2.05, 4.69) is 13.8 Å². The van der Waals surface area contributed by atoms with Gasteiger partial charge in [-0.1, -0.05) is 13.8 Å². The highest BCUT2D eigenvalue weighted by Gasteiger charge is 2.68. The molecule has 0 aromatic carbocycles. The number of hydrogen-bond acceptors (Lipinski definition) is 4. The van der Waals surface area contributed by atoms with Crippen molar-refractivity contribution in [3.8, 4) is 0 Å². The quantitative estimate of drug-likeness (QED) is 0.495. The number of allylic oxidation sites excluding steroid dienone is 1. The summed E-state index contributed by atoms with van der Waals surface area (Å²) in [6.45, 7) is 7.42. The first-order chi connectivity index (χ1) is 13.0. The summed E-state index contributed by atoms with van der Waals surface area (Å²) >= 11 is 6.85. The molecule has 0 N–H and O–H groups in total. The van der Waals surface area contributed by atoms with Crippen molar-refractivity contribution in [2.45, 2.75) is 83.6 Å². The molecule has 0 aliphatic heterocycles. The van der Waals surface area contributed by atoms with Gasteiger partial charge in [0.15, 0.2) is 17.2 Å². The number of carbonyl (C=O) groups excluding carboxylic acids is 3.